The lowest BCUT2D eigenvalue weighted by molar-refractivity contribution is -0.244. The molecule has 5 unspecified atom stereocenters. The van der Waals surface area contributed by atoms with Crippen LogP contribution in [0, 0.1) is 0 Å². The highest BCUT2D eigenvalue weighted by Gasteiger charge is 2.43. The number of aromatic nitrogens is 3. The van der Waals surface area contributed by atoms with Gasteiger partial charge in [-0.05, 0) is 6.92 Å². The molecule has 0 saturated carbocycles. The van der Waals surface area contributed by atoms with Crippen molar-refractivity contribution in [1.29, 1.82) is 0 Å². The van der Waals surface area contributed by atoms with Gasteiger partial charge in [0.05, 0.1) is 6.10 Å². The first-order chi connectivity index (χ1) is 8.41. The number of hydrogen-bond acceptors (Lipinski definition) is 7. The SMILES string of the molecule is CC1OC(n2ncc(=O)[nH]c2=O)C(O)C(O)C1O. The van der Waals surface area contributed by atoms with Crippen LogP contribution in [0.4, 0.5) is 0 Å². The van der Waals surface area contributed by atoms with Gasteiger partial charge in [0, 0.05) is 0 Å². The van der Waals surface area contributed by atoms with E-state index in [2.05, 4.69) is 5.10 Å². The molecule has 0 bridgehead atoms. The van der Waals surface area contributed by atoms with Crippen molar-refractivity contribution in [2.24, 2.45) is 0 Å². The molecule has 1 aliphatic heterocycles. The minimum Gasteiger partial charge on any atom is -0.388 e. The van der Waals surface area contributed by atoms with Gasteiger partial charge in [0.1, 0.15) is 24.5 Å². The maximum Gasteiger partial charge on any atom is 0.347 e. The average Bonchev–Trinajstić information content (AvgIpc) is 2.32. The van der Waals surface area contributed by atoms with E-state index < -0.39 is 41.9 Å². The smallest absolute Gasteiger partial charge is 0.347 e. The predicted molar refractivity (Wildman–Crippen MR) is 56.7 cm³/mol. The molecule has 0 radical (unpaired) electrons. The number of nitrogens with zero attached hydrogens (tertiary/aromatic N) is 2. The van der Waals surface area contributed by atoms with E-state index in [0.717, 1.165) is 6.20 Å². The van der Waals surface area contributed by atoms with Crippen LogP contribution in [0.5, 0.6) is 0 Å². The summed E-state index contributed by atoms with van der Waals surface area (Å²) in [4.78, 5) is 24.3. The van der Waals surface area contributed by atoms with Crippen LogP contribution in [0.2, 0.25) is 0 Å². The standard InChI is InChI=1S/C9H13N3O6/c1-3-5(14)6(15)7(16)8(18-3)12-9(17)11-4(13)2-10-12/h2-3,5-8,14-16H,1H3,(H,11,13,17). The highest BCUT2D eigenvalue weighted by Crippen LogP contribution is 2.26. The minimum atomic E-state index is -1.53. The predicted octanol–water partition coefficient (Wildman–Crippen LogP) is -3.07. The first-order valence-electron chi connectivity index (χ1n) is 5.29. The van der Waals surface area contributed by atoms with Crippen LogP contribution in [0.1, 0.15) is 13.2 Å². The molecule has 9 heteroatoms. The fourth-order valence-corrected chi connectivity index (χ4v) is 1.77. The molecule has 0 aliphatic carbocycles. The number of ether oxygens (including phenoxy) is 1. The summed E-state index contributed by atoms with van der Waals surface area (Å²) in [6, 6.07) is 0. The molecule has 18 heavy (non-hydrogen) atoms. The van der Waals surface area contributed by atoms with E-state index in [1.165, 1.54) is 6.92 Å². The van der Waals surface area contributed by atoms with E-state index in [4.69, 9.17) is 4.74 Å². The highest BCUT2D eigenvalue weighted by atomic mass is 16.5. The van der Waals surface area contributed by atoms with Crippen molar-refractivity contribution in [2.45, 2.75) is 37.6 Å². The number of aromatic amines is 1. The molecule has 0 amide bonds. The Kier molecular flexibility index (Phi) is 3.30. The second kappa shape index (κ2) is 4.61. The zero-order valence-electron chi connectivity index (χ0n) is 9.42. The van der Waals surface area contributed by atoms with Crippen LogP contribution in [-0.2, 0) is 4.74 Å². The van der Waals surface area contributed by atoms with Crippen molar-refractivity contribution < 1.29 is 20.1 Å². The summed E-state index contributed by atoms with van der Waals surface area (Å²) in [5.74, 6) is 0. The van der Waals surface area contributed by atoms with E-state index in [1.807, 2.05) is 4.98 Å². The zero-order valence-corrected chi connectivity index (χ0v) is 9.42. The Balaban J connectivity index is 2.38. The fourth-order valence-electron chi connectivity index (χ4n) is 1.77. The second-order valence-electron chi connectivity index (χ2n) is 4.09. The zero-order chi connectivity index (χ0) is 13.4. The fraction of sp³-hybridized carbons (Fsp3) is 0.667. The summed E-state index contributed by atoms with van der Waals surface area (Å²) in [5, 5.41) is 32.4. The molecule has 2 heterocycles. The van der Waals surface area contributed by atoms with Crippen molar-refractivity contribution in [2.75, 3.05) is 0 Å². The summed E-state index contributed by atoms with van der Waals surface area (Å²) >= 11 is 0. The van der Waals surface area contributed by atoms with Gasteiger partial charge in [-0.2, -0.15) is 9.78 Å². The molecule has 1 aliphatic rings. The van der Waals surface area contributed by atoms with E-state index >= 15 is 0 Å². The Morgan fingerprint density at radius 2 is 1.94 bits per heavy atom. The Hall–Kier alpha value is -1.55. The van der Waals surface area contributed by atoms with Crippen molar-refractivity contribution in [3.05, 3.63) is 27.0 Å². The molecule has 1 fully saturated rings. The molecular formula is C9H13N3O6. The van der Waals surface area contributed by atoms with Gasteiger partial charge in [0.15, 0.2) is 6.23 Å². The van der Waals surface area contributed by atoms with E-state index in [0.29, 0.717) is 4.68 Å². The molecule has 100 valence electrons. The molecule has 1 aromatic heterocycles. The number of aliphatic hydroxyl groups excluding tert-OH is 3. The molecule has 1 saturated heterocycles. The number of H-pyrrole nitrogens is 1. The summed E-state index contributed by atoms with van der Waals surface area (Å²) in [7, 11) is 0. The van der Waals surface area contributed by atoms with Gasteiger partial charge in [-0.25, -0.2) is 4.79 Å². The Labute approximate surface area is 100 Å². The summed E-state index contributed by atoms with van der Waals surface area (Å²) < 4.78 is 5.91. The summed E-state index contributed by atoms with van der Waals surface area (Å²) in [6.45, 7) is 1.48. The molecule has 2 rings (SSSR count). The topological polar surface area (TPSA) is 138 Å². The quantitative estimate of drug-likeness (QED) is 0.420. The maximum atomic E-state index is 11.5. The third-order valence-corrected chi connectivity index (χ3v) is 2.81. The summed E-state index contributed by atoms with van der Waals surface area (Å²) in [5.41, 5.74) is -1.56. The lowest BCUT2D eigenvalue weighted by Gasteiger charge is -2.38. The van der Waals surface area contributed by atoms with Gasteiger partial charge in [-0.1, -0.05) is 0 Å². The van der Waals surface area contributed by atoms with Crippen molar-refractivity contribution >= 4 is 0 Å². The first kappa shape index (κ1) is 12.9. The van der Waals surface area contributed by atoms with Gasteiger partial charge >= 0.3 is 5.69 Å². The lowest BCUT2D eigenvalue weighted by Crippen LogP contribution is -2.56. The summed E-state index contributed by atoms with van der Waals surface area (Å²) in [6.07, 6.45) is -5.50. The second-order valence-corrected chi connectivity index (χ2v) is 4.09. The van der Waals surface area contributed by atoms with E-state index in [-0.39, 0.29) is 0 Å². The number of rotatable bonds is 1. The van der Waals surface area contributed by atoms with Crippen molar-refractivity contribution in [3.63, 3.8) is 0 Å². The van der Waals surface area contributed by atoms with Crippen molar-refractivity contribution in [3.8, 4) is 0 Å². The van der Waals surface area contributed by atoms with Gasteiger partial charge in [-0.15, -0.1) is 0 Å². The van der Waals surface area contributed by atoms with Gasteiger partial charge < -0.3 is 20.1 Å². The third kappa shape index (κ3) is 2.08. The largest absolute Gasteiger partial charge is 0.388 e. The molecule has 0 aromatic carbocycles. The van der Waals surface area contributed by atoms with Crippen LogP contribution in [0.15, 0.2) is 15.8 Å². The molecule has 0 spiro atoms. The van der Waals surface area contributed by atoms with E-state index in [1.54, 1.807) is 0 Å². The molecular weight excluding hydrogens is 246 g/mol. The van der Waals surface area contributed by atoms with Crippen LogP contribution in [0.25, 0.3) is 0 Å². The first-order valence-corrected chi connectivity index (χ1v) is 5.29. The molecule has 1 aromatic rings. The van der Waals surface area contributed by atoms with Gasteiger partial charge in [0.25, 0.3) is 5.56 Å². The Morgan fingerprint density at radius 1 is 1.28 bits per heavy atom. The third-order valence-electron chi connectivity index (χ3n) is 2.81. The van der Waals surface area contributed by atoms with Crippen LogP contribution >= 0.6 is 0 Å². The average molecular weight is 259 g/mol. The number of aliphatic hydroxyl groups is 3. The number of hydrogen-bond donors (Lipinski definition) is 4. The lowest BCUT2D eigenvalue weighted by atomic mass is 9.99. The van der Waals surface area contributed by atoms with Crippen LogP contribution in [0.3, 0.4) is 0 Å². The minimum absolute atomic E-state index is 0.685. The monoisotopic (exact) mass is 259 g/mol. The van der Waals surface area contributed by atoms with Gasteiger partial charge in [-0.3, -0.25) is 9.78 Å². The van der Waals surface area contributed by atoms with Crippen LogP contribution < -0.4 is 11.2 Å². The molecule has 4 N–H and O–H groups in total. The highest BCUT2D eigenvalue weighted by molar-refractivity contribution is 4.89. The van der Waals surface area contributed by atoms with E-state index in [9.17, 15) is 24.9 Å². The van der Waals surface area contributed by atoms with Crippen molar-refractivity contribution in [1.82, 2.24) is 14.8 Å². The number of nitrogens with one attached hydrogen (secondary N) is 1. The Bertz CT molecular complexity index is 540. The molecule has 5 atom stereocenters. The van der Waals surface area contributed by atoms with Crippen LogP contribution in [-0.4, -0.2) is 54.5 Å². The normalized spacial score (nSPS) is 36.6. The Morgan fingerprint density at radius 3 is 2.56 bits per heavy atom. The molecule has 9 nitrogen and oxygen atoms in total. The van der Waals surface area contributed by atoms with Gasteiger partial charge in [0.2, 0.25) is 0 Å². The maximum absolute atomic E-state index is 11.5.